The molecule has 0 N–H and O–H groups in total. The number of ether oxygens (including phenoxy) is 1. The molecule has 0 heterocycles. The van der Waals surface area contributed by atoms with Crippen LogP contribution in [0.3, 0.4) is 0 Å². The molecule has 0 aliphatic heterocycles. The lowest BCUT2D eigenvalue weighted by Crippen LogP contribution is -2.18. The summed E-state index contributed by atoms with van der Waals surface area (Å²) >= 11 is 3.77. The molecule has 0 bridgehead atoms. The van der Waals surface area contributed by atoms with Crippen molar-refractivity contribution in [2.75, 3.05) is 12.4 Å². The van der Waals surface area contributed by atoms with Crippen molar-refractivity contribution in [3.63, 3.8) is 0 Å². The van der Waals surface area contributed by atoms with Gasteiger partial charge in [-0.3, -0.25) is 4.79 Å². The van der Waals surface area contributed by atoms with Crippen LogP contribution in [0.25, 0.3) is 0 Å². The highest BCUT2D eigenvalue weighted by Crippen LogP contribution is 2.12. The predicted molar refractivity (Wildman–Crippen MR) is 44.3 cm³/mol. The molecule has 0 aliphatic carbocycles. The molecule has 0 atom stereocenters. The maximum Gasteiger partial charge on any atom is 0.315 e. The number of carbonyl (C=O) groups excluding carboxylic acids is 1. The van der Waals surface area contributed by atoms with Gasteiger partial charge in [0.1, 0.15) is 0 Å². The molecular weight excluding hydrogens is 148 g/mol. The van der Waals surface area contributed by atoms with Crippen LogP contribution < -0.4 is 0 Å². The van der Waals surface area contributed by atoms with Crippen molar-refractivity contribution >= 4 is 18.6 Å². The van der Waals surface area contributed by atoms with Gasteiger partial charge in [0.05, 0.1) is 12.4 Å². The van der Waals surface area contributed by atoms with Crippen molar-refractivity contribution in [2.45, 2.75) is 20.8 Å². The van der Waals surface area contributed by atoms with Gasteiger partial charge >= 0.3 is 5.97 Å². The minimum Gasteiger partial charge on any atom is -0.465 e. The zero-order valence-electron chi connectivity index (χ0n) is 6.68. The monoisotopic (exact) mass is 162 g/mol. The van der Waals surface area contributed by atoms with E-state index in [0.717, 1.165) is 0 Å². The van der Waals surface area contributed by atoms with E-state index >= 15 is 0 Å². The Morgan fingerprint density at radius 1 is 1.50 bits per heavy atom. The van der Waals surface area contributed by atoms with Crippen molar-refractivity contribution in [1.82, 2.24) is 0 Å². The van der Waals surface area contributed by atoms with Gasteiger partial charge in [0, 0.05) is 0 Å². The molecular formula is C7H14O2S. The smallest absolute Gasteiger partial charge is 0.315 e. The van der Waals surface area contributed by atoms with Crippen LogP contribution >= 0.6 is 12.6 Å². The fraction of sp³-hybridized carbons (Fsp3) is 0.857. The number of hydrogen-bond donors (Lipinski definition) is 1. The standard InChI is InChI=1S/C7H14O2S/c1-7(2,3)5-9-6(8)4-10/h10H,4-5H2,1-3H3. The summed E-state index contributed by atoms with van der Waals surface area (Å²) in [4.78, 5) is 10.6. The Balaban J connectivity index is 3.46. The fourth-order valence-corrected chi connectivity index (χ4v) is 0.434. The molecule has 0 aliphatic rings. The first kappa shape index (κ1) is 9.82. The lowest BCUT2D eigenvalue weighted by molar-refractivity contribution is -0.143. The van der Waals surface area contributed by atoms with E-state index in [1.54, 1.807) is 0 Å². The fourth-order valence-electron chi connectivity index (χ4n) is 0.343. The molecule has 0 aromatic heterocycles. The lowest BCUT2D eigenvalue weighted by atomic mass is 9.99. The number of rotatable bonds is 2. The molecule has 0 aromatic rings. The van der Waals surface area contributed by atoms with E-state index in [1.165, 1.54) is 0 Å². The highest BCUT2D eigenvalue weighted by molar-refractivity contribution is 7.81. The van der Waals surface area contributed by atoms with Gasteiger partial charge in [0.15, 0.2) is 0 Å². The van der Waals surface area contributed by atoms with Crippen LogP contribution in [-0.2, 0) is 9.53 Å². The van der Waals surface area contributed by atoms with Gasteiger partial charge in [0.25, 0.3) is 0 Å². The van der Waals surface area contributed by atoms with Crippen LogP contribution in [0, 0.1) is 5.41 Å². The second-order valence-corrected chi connectivity index (χ2v) is 3.70. The van der Waals surface area contributed by atoms with Gasteiger partial charge in [-0.25, -0.2) is 0 Å². The zero-order chi connectivity index (χ0) is 8.20. The van der Waals surface area contributed by atoms with E-state index in [0.29, 0.717) is 6.61 Å². The van der Waals surface area contributed by atoms with Gasteiger partial charge in [-0.05, 0) is 5.41 Å². The molecule has 0 unspecified atom stereocenters. The Bertz CT molecular complexity index is 115. The van der Waals surface area contributed by atoms with Crippen LogP contribution in [0.1, 0.15) is 20.8 Å². The SMILES string of the molecule is CC(C)(C)COC(=O)CS. The number of esters is 1. The van der Waals surface area contributed by atoms with Gasteiger partial charge in [-0.1, -0.05) is 20.8 Å². The van der Waals surface area contributed by atoms with Crippen LogP contribution in [-0.4, -0.2) is 18.3 Å². The molecule has 3 heteroatoms. The quantitative estimate of drug-likeness (QED) is 0.492. The van der Waals surface area contributed by atoms with Gasteiger partial charge < -0.3 is 4.74 Å². The third kappa shape index (κ3) is 5.95. The first-order valence-electron chi connectivity index (χ1n) is 3.22. The minimum atomic E-state index is -0.252. The number of hydrogen-bond acceptors (Lipinski definition) is 3. The topological polar surface area (TPSA) is 26.3 Å². The third-order valence-corrected chi connectivity index (χ3v) is 1.05. The first-order chi connectivity index (χ1) is 4.45. The molecule has 60 valence electrons. The van der Waals surface area contributed by atoms with Gasteiger partial charge in [-0.2, -0.15) is 12.6 Å². The molecule has 0 aromatic carbocycles. The maximum absolute atomic E-state index is 10.6. The highest BCUT2D eigenvalue weighted by atomic mass is 32.1. The molecule has 0 saturated carbocycles. The van der Waals surface area contributed by atoms with E-state index in [9.17, 15) is 4.79 Å². The van der Waals surface area contributed by atoms with Crippen LogP contribution in [0.5, 0.6) is 0 Å². The highest BCUT2D eigenvalue weighted by Gasteiger charge is 2.12. The largest absolute Gasteiger partial charge is 0.465 e. The third-order valence-electron chi connectivity index (χ3n) is 0.795. The molecule has 10 heavy (non-hydrogen) atoms. The first-order valence-corrected chi connectivity index (χ1v) is 3.85. The number of thiol groups is 1. The van der Waals surface area contributed by atoms with Crippen molar-refractivity contribution in [3.8, 4) is 0 Å². The Labute approximate surface area is 67.4 Å². The van der Waals surface area contributed by atoms with E-state index in [2.05, 4.69) is 12.6 Å². The predicted octanol–water partition coefficient (Wildman–Crippen LogP) is 1.51. The molecule has 0 fully saturated rings. The van der Waals surface area contributed by atoms with Crippen molar-refractivity contribution < 1.29 is 9.53 Å². The average Bonchev–Trinajstić information content (AvgIpc) is 1.81. The Morgan fingerprint density at radius 2 is 2.00 bits per heavy atom. The van der Waals surface area contributed by atoms with E-state index in [-0.39, 0.29) is 17.1 Å². The Morgan fingerprint density at radius 3 is 2.30 bits per heavy atom. The summed E-state index contributed by atoms with van der Waals surface area (Å²) < 4.78 is 4.84. The summed E-state index contributed by atoms with van der Waals surface area (Å²) in [7, 11) is 0. The van der Waals surface area contributed by atoms with E-state index in [4.69, 9.17) is 4.74 Å². The zero-order valence-corrected chi connectivity index (χ0v) is 7.57. The number of carbonyl (C=O) groups is 1. The van der Waals surface area contributed by atoms with Crippen molar-refractivity contribution in [3.05, 3.63) is 0 Å². The summed E-state index contributed by atoms with van der Waals surface area (Å²) in [5.74, 6) is -0.0888. The summed E-state index contributed by atoms with van der Waals surface area (Å²) in [5, 5.41) is 0. The van der Waals surface area contributed by atoms with Crippen molar-refractivity contribution in [2.24, 2.45) is 5.41 Å². The molecule has 0 rings (SSSR count). The second kappa shape index (κ2) is 3.86. The summed E-state index contributed by atoms with van der Waals surface area (Å²) in [6, 6.07) is 0. The molecule has 0 saturated heterocycles. The molecule has 0 spiro atoms. The Kier molecular flexibility index (Phi) is 3.79. The van der Waals surface area contributed by atoms with Crippen LogP contribution in [0.15, 0.2) is 0 Å². The Hall–Kier alpha value is -0.180. The van der Waals surface area contributed by atoms with E-state index in [1.807, 2.05) is 20.8 Å². The van der Waals surface area contributed by atoms with Gasteiger partial charge in [0.2, 0.25) is 0 Å². The van der Waals surface area contributed by atoms with E-state index < -0.39 is 0 Å². The molecule has 2 nitrogen and oxygen atoms in total. The van der Waals surface area contributed by atoms with Crippen molar-refractivity contribution in [1.29, 1.82) is 0 Å². The van der Waals surface area contributed by atoms with Gasteiger partial charge in [-0.15, -0.1) is 0 Å². The molecule has 0 radical (unpaired) electrons. The van der Waals surface area contributed by atoms with Crippen LogP contribution in [0.4, 0.5) is 0 Å². The summed E-state index contributed by atoms with van der Waals surface area (Å²) in [6.07, 6.45) is 0. The average molecular weight is 162 g/mol. The summed E-state index contributed by atoms with van der Waals surface area (Å²) in [6.45, 7) is 6.50. The minimum absolute atomic E-state index is 0.0542. The normalized spacial score (nSPS) is 11.2. The van der Waals surface area contributed by atoms with Crippen LogP contribution in [0.2, 0.25) is 0 Å². The lowest BCUT2D eigenvalue weighted by Gasteiger charge is -2.17. The second-order valence-electron chi connectivity index (χ2n) is 3.38. The molecule has 0 amide bonds. The maximum atomic E-state index is 10.6. The summed E-state index contributed by atoms with van der Waals surface area (Å²) in [5.41, 5.74) is 0.0542.